The number of carbonyl (C=O) groups excluding carboxylic acids is 1. The van der Waals surface area contributed by atoms with Crippen molar-refractivity contribution in [1.82, 2.24) is 0 Å². The van der Waals surface area contributed by atoms with Crippen molar-refractivity contribution in [1.29, 1.82) is 0 Å². The second kappa shape index (κ2) is 15.2. The van der Waals surface area contributed by atoms with Crippen LogP contribution in [0.4, 0.5) is 0 Å². The van der Waals surface area contributed by atoms with E-state index in [-0.39, 0.29) is 5.75 Å². The van der Waals surface area contributed by atoms with Gasteiger partial charge in [0.25, 0.3) is 0 Å². The number of thioether (sulfide) groups is 1. The molecule has 0 fully saturated rings. The van der Waals surface area contributed by atoms with Crippen molar-refractivity contribution >= 4 is 29.3 Å². The molecule has 0 amide bonds. The van der Waals surface area contributed by atoms with Crippen LogP contribution >= 0.6 is 23.4 Å². The molecule has 0 radical (unpaired) electrons. The Kier molecular flexibility index (Phi) is 10.5. The standard InChI is InChI=1S/C43H38ClNO3S/c1-31-22-24-33(25-23-31)42(32-14-6-3-7-15-32,38-20-12-13-21-39(38)44)48-41(46)40(45)30-49-43(34-16-8-4-9-17-34,35-18-10-5-11-19-35)36-26-28-37(47-2)29-27-36/h3-29,40H,30,45H2,1-2H3/t40-,42?/m0/s1. The van der Waals surface area contributed by atoms with E-state index in [2.05, 4.69) is 36.4 Å². The molecular weight excluding hydrogens is 646 g/mol. The van der Waals surface area contributed by atoms with Crippen LogP contribution in [0.2, 0.25) is 5.02 Å². The topological polar surface area (TPSA) is 61.5 Å². The van der Waals surface area contributed by atoms with E-state index in [0.717, 1.165) is 39.1 Å². The third kappa shape index (κ3) is 6.88. The molecule has 2 N–H and O–H groups in total. The van der Waals surface area contributed by atoms with Gasteiger partial charge in [-0.1, -0.05) is 163 Å². The summed E-state index contributed by atoms with van der Waals surface area (Å²) in [4.78, 5) is 14.4. The summed E-state index contributed by atoms with van der Waals surface area (Å²) in [5.74, 6) is 0.481. The number of halogens is 1. The van der Waals surface area contributed by atoms with Crippen LogP contribution in [0.1, 0.15) is 38.9 Å². The normalized spacial score (nSPS) is 13.2. The highest BCUT2D eigenvalue weighted by Crippen LogP contribution is 2.49. The second-order valence-corrected chi connectivity index (χ2v) is 13.5. The summed E-state index contributed by atoms with van der Waals surface area (Å²) in [6.07, 6.45) is 0. The number of carbonyl (C=O) groups is 1. The molecule has 0 aliphatic heterocycles. The first-order valence-corrected chi connectivity index (χ1v) is 17.5. The molecule has 0 heterocycles. The number of nitrogens with two attached hydrogens (primary N) is 1. The summed E-state index contributed by atoms with van der Waals surface area (Å²) in [5.41, 5.74) is 11.9. The number of hydrogen-bond acceptors (Lipinski definition) is 5. The molecule has 0 saturated heterocycles. The van der Waals surface area contributed by atoms with Crippen LogP contribution in [-0.2, 0) is 19.9 Å². The zero-order valence-corrected chi connectivity index (χ0v) is 29.0. The van der Waals surface area contributed by atoms with Gasteiger partial charge in [-0.3, -0.25) is 4.79 Å². The summed E-state index contributed by atoms with van der Waals surface area (Å²) in [6, 6.07) is 52.9. The van der Waals surface area contributed by atoms with Crippen LogP contribution in [0.3, 0.4) is 0 Å². The highest BCUT2D eigenvalue weighted by Gasteiger charge is 2.44. The van der Waals surface area contributed by atoms with Gasteiger partial charge in [-0.25, -0.2) is 0 Å². The lowest BCUT2D eigenvalue weighted by Gasteiger charge is -2.38. The predicted octanol–water partition coefficient (Wildman–Crippen LogP) is 9.54. The molecule has 0 aliphatic carbocycles. The van der Waals surface area contributed by atoms with Crippen molar-refractivity contribution in [3.63, 3.8) is 0 Å². The van der Waals surface area contributed by atoms with Gasteiger partial charge in [0.1, 0.15) is 11.8 Å². The summed E-state index contributed by atoms with van der Waals surface area (Å²) in [5, 5.41) is 0.481. The Morgan fingerprint density at radius 2 is 1.10 bits per heavy atom. The molecule has 0 aromatic heterocycles. The monoisotopic (exact) mass is 683 g/mol. The fourth-order valence-electron chi connectivity index (χ4n) is 6.29. The largest absolute Gasteiger partial charge is 0.497 e. The Morgan fingerprint density at radius 1 is 0.653 bits per heavy atom. The van der Waals surface area contributed by atoms with Crippen molar-refractivity contribution in [2.45, 2.75) is 23.3 Å². The highest BCUT2D eigenvalue weighted by atomic mass is 35.5. The summed E-state index contributed by atoms with van der Waals surface area (Å²) in [6.45, 7) is 2.02. The molecule has 0 saturated carbocycles. The number of aryl methyl sites for hydroxylation is 1. The van der Waals surface area contributed by atoms with Gasteiger partial charge >= 0.3 is 5.97 Å². The van der Waals surface area contributed by atoms with Gasteiger partial charge in [0.05, 0.1) is 11.9 Å². The molecule has 2 atom stereocenters. The first-order valence-electron chi connectivity index (χ1n) is 16.1. The first kappa shape index (κ1) is 34.1. The zero-order chi connectivity index (χ0) is 34.3. The minimum atomic E-state index is -1.35. The number of benzene rings is 6. The molecule has 0 aliphatic rings. The lowest BCUT2D eigenvalue weighted by atomic mass is 9.79. The predicted molar refractivity (Wildman–Crippen MR) is 201 cm³/mol. The van der Waals surface area contributed by atoms with Gasteiger partial charge in [0, 0.05) is 27.5 Å². The molecule has 6 aromatic rings. The molecule has 0 spiro atoms. The Balaban J connectivity index is 1.43. The maximum absolute atomic E-state index is 14.4. The van der Waals surface area contributed by atoms with E-state index in [4.69, 9.17) is 26.8 Å². The van der Waals surface area contributed by atoms with Crippen LogP contribution in [0.15, 0.2) is 164 Å². The van der Waals surface area contributed by atoms with Crippen molar-refractivity contribution in [2.24, 2.45) is 5.73 Å². The molecule has 49 heavy (non-hydrogen) atoms. The molecule has 1 unspecified atom stereocenters. The average molecular weight is 684 g/mol. The SMILES string of the molecule is COc1ccc(C(SC[C@H](N)C(=O)OC(c2ccccc2)(c2ccc(C)cc2)c2ccccc2Cl)(c2ccccc2)c2ccccc2)cc1. The molecule has 246 valence electrons. The van der Waals surface area contributed by atoms with Crippen molar-refractivity contribution in [2.75, 3.05) is 12.9 Å². The van der Waals surface area contributed by atoms with E-state index in [1.54, 1.807) is 18.9 Å². The number of methoxy groups -OCH3 is 1. The maximum Gasteiger partial charge on any atom is 0.325 e. The average Bonchev–Trinajstić information content (AvgIpc) is 3.16. The second-order valence-electron chi connectivity index (χ2n) is 11.9. The molecule has 6 rings (SSSR count). The van der Waals surface area contributed by atoms with E-state index in [1.165, 1.54) is 0 Å². The number of esters is 1. The third-order valence-electron chi connectivity index (χ3n) is 8.78. The Labute approximate surface area is 297 Å². The van der Waals surface area contributed by atoms with Gasteiger partial charge in [-0.05, 0) is 41.8 Å². The lowest BCUT2D eigenvalue weighted by molar-refractivity contribution is -0.154. The minimum absolute atomic E-state index is 0.260. The van der Waals surface area contributed by atoms with Crippen LogP contribution in [0, 0.1) is 6.92 Å². The number of rotatable bonds is 12. The van der Waals surface area contributed by atoms with Crippen molar-refractivity contribution in [3.05, 3.63) is 208 Å². The van der Waals surface area contributed by atoms with Gasteiger partial charge in [0.2, 0.25) is 0 Å². The summed E-state index contributed by atoms with van der Waals surface area (Å²) in [7, 11) is 1.66. The Hall–Kier alpha value is -4.81. The maximum atomic E-state index is 14.4. The van der Waals surface area contributed by atoms with Crippen LogP contribution in [-0.4, -0.2) is 24.9 Å². The van der Waals surface area contributed by atoms with E-state index in [1.807, 2.05) is 134 Å². The number of ether oxygens (including phenoxy) is 2. The van der Waals surface area contributed by atoms with Crippen LogP contribution < -0.4 is 10.5 Å². The zero-order valence-electron chi connectivity index (χ0n) is 27.5. The molecular formula is C43H38ClNO3S. The van der Waals surface area contributed by atoms with E-state index >= 15 is 0 Å². The van der Waals surface area contributed by atoms with Crippen LogP contribution in [0.25, 0.3) is 0 Å². The van der Waals surface area contributed by atoms with Crippen LogP contribution in [0.5, 0.6) is 5.75 Å². The Bertz CT molecular complexity index is 1930. The highest BCUT2D eigenvalue weighted by molar-refractivity contribution is 8.00. The molecule has 6 aromatic carbocycles. The number of hydrogen-bond donors (Lipinski definition) is 1. The molecule has 6 heteroatoms. The van der Waals surface area contributed by atoms with Gasteiger partial charge < -0.3 is 15.2 Å². The minimum Gasteiger partial charge on any atom is -0.497 e. The van der Waals surface area contributed by atoms with Gasteiger partial charge in [0.15, 0.2) is 5.60 Å². The van der Waals surface area contributed by atoms with Gasteiger partial charge in [-0.15, -0.1) is 11.8 Å². The Morgan fingerprint density at radius 3 is 1.63 bits per heavy atom. The van der Waals surface area contributed by atoms with Crippen molar-refractivity contribution < 1.29 is 14.3 Å². The van der Waals surface area contributed by atoms with Gasteiger partial charge in [-0.2, -0.15) is 0 Å². The van der Waals surface area contributed by atoms with E-state index in [9.17, 15) is 4.79 Å². The van der Waals surface area contributed by atoms with E-state index in [0.29, 0.717) is 10.6 Å². The summed E-state index contributed by atoms with van der Waals surface area (Å²) < 4.78 is 11.5. The fraction of sp³-hybridized carbons (Fsp3) is 0.140. The van der Waals surface area contributed by atoms with E-state index < -0.39 is 22.4 Å². The molecule has 4 nitrogen and oxygen atoms in total. The fourth-order valence-corrected chi connectivity index (χ4v) is 8.03. The molecule has 0 bridgehead atoms. The quantitative estimate of drug-likeness (QED) is 0.103. The smallest absolute Gasteiger partial charge is 0.325 e. The summed E-state index contributed by atoms with van der Waals surface area (Å²) >= 11 is 8.52. The lowest BCUT2D eigenvalue weighted by Crippen LogP contribution is -2.43. The third-order valence-corrected chi connectivity index (χ3v) is 10.8. The van der Waals surface area contributed by atoms with Crippen molar-refractivity contribution in [3.8, 4) is 5.75 Å². The first-order chi connectivity index (χ1) is 23.9.